The van der Waals surface area contributed by atoms with Crippen molar-refractivity contribution < 1.29 is 79.0 Å². The monoisotopic (exact) mass is 2130 g/mol. The van der Waals surface area contributed by atoms with Crippen LogP contribution in [0.1, 0.15) is 97.3 Å². The molecule has 1 aliphatic rings. The molecule has 0 spiro atoms. The van der Waals surface area contributed by atoms with Gasteiger partial charge in [0.15, 0.2) is 23.1 Å². The van der Waals surface area contributed by atoms with Crippen molar-refractivity contribution in [1.29, 1.82) is 0 Å². The predicted molar refractivity (Wildman–Crippen MR) is 577 cm³/mol. The van der Waals surface area contributed by atoms with E-state index >= 15 is 17.6 Å². The smallest absolute Gasteiger partial charge is 0.227 e. The predicted octanol–water partition coefficient (Wildman–Crippen LogP) is 28.6. The minimum atomic E-state index is -0.668. The van der Waals surface area contributed by atoms with Gasteiger partial charge in [0.1, 0.15) is 92.6 Å². The third kappa shape index (κ3) is 28.9. The van der Waals surface area contributed by atoms with Crippen molar-refractivity contribution in [3.05, 3.63) is 338 Å². The number of nitrogens with one attached hydrogen (secondary N) is 4. The minimum absolute atomic E-state index is 0.0233. The number of piperazine rings is 1. The van der Waals surface area contributed by atoms with Crippen LogP contribution in [0.4, 0.5) is 73.8 Å². The Kier molecular flexibility index (Phi) is 41.9. The van der Waals surface area contributed by atoms with Crippen LogP contribution < -0.4 is 64.1 Å². The average molecular weight is 2140 g/mol. The standard InChI is InChI=1S/C31H34Cl2FN5O3.C27H25Cl2FN2O3.C26H23Cl2FN2O3.C25H20Cl2F2N2O3/c1-6-23(40)14-20-13-22(39-10-8-38(7-2)9-11-39)12-19(3)30(20)37-31-35-17-21(18-36-31)25(34)15-24-28(32)26(41-4)16-27(42-5)29(24)33;1-6-19(33)12-17-9-7-8-15(2)27(17)32-22-11-10-18(14-31-22)26(30)16(3)23-24(28)20(34-4)13-21(35-5)25(23)29;1-5-18(32)12-17-8-6-7-15(2)26(17)31-22-10-9-16(14-30-22)11-19(29)23-24(27)20(33-3)13-21(34-4)25(23)28;1-4-16(32)10-14-6-5-7-18(28)25(14)31-22-9-8-15(13-30-22)19(29)11-17-23(26)20(33-2)12-21(34-3)24(17)27/h6,12-13,15-18H,1,7-11,14H2,2-5H3,(H,35,36,37);6-11,13-14H,1,12H2,2-5H3,(H,31,32);5-11,13-14H,1,12H2,2-4H3,(H,30,31);4-9,11-13H,1,10H2,2-3H3,(H,30,31)/b25-15-;26-16-;2*19-11-. The SMILES string of the molecule is C=CC(=O)Cc1cc(N2CCN(CC)CC2)cc(C)c1Nc1ncc(/C(F)=C/c2c(Cl)c(OC)cc(OC)c2Cl)cn1.C=CC(=O)Cc1cccc(C)c1Nc1ccc(/C(F)=C(\C)c2c(Cl)c(OC)cc(OC)c2Cl)cn1.C=CC(=O)Cc1cccc(C)c1Nc1ccc(/C=C(\F)c2c(Cl)c(OC)cc(OC)c2Cl)cn1.C=CC(=O)Cc1cccc(F)c1Nc1ccc(/C(F)=C/c2c(Cl)c(OC)cc(OC)c2Cl)cn1. The molecule has 0 bridgehead atoms. The molecule has 23 nitrogen and oxygen atoms in total. The molecule has 12 aromatic rings. The van der Waals surface area contributed by atoms with Crippen LogP contribution in [-0.2, 0) is 44.9 Å². The van der Waals surface area contributed by atoms with E-state index in [2.05, 4.69) is 95.3 Å². The van der Waals surface area contributed by atoms with Crippen LogP contribution in [0, 0.1) is 26.6 Å². The van der Waals surface area contributed by atoms with Gasteiger partial charge in [-0.15, -0.1) is 0 Å². The molecule has 0 unspecified atom stereocenters. The molecule has 0 saturated carbocycles. The van der Waals surface area contributed by atoms with Crippen LogP contribution in [0.2, 0.25) is 40.2 Å². The third-order valence-corrected chi connectivity index (χ3v) is 25.7. The fraction of sp³-hybridized carbons (Fsp3) is 0.202. The Labute approximate surface area is 878 Å². The maximum atomic E-state index is 15.5. The lowest BCUT2D eigenvalue weighted by molar-refractivity contribution is -0.114. The molecule has 1 fully saturated rings. The van der Waals surface area contributed by atoms with E-state index in [9.17, 15) is 23.6 Å². The zero-order chi connectivity index (χ0) is 106. The van der Waals surface area contributed by atoms with E-state index in [-0.39, 0.29) is 174 Å². The number of hydrogen-bond donors (Lipinski definition) is 4. The molecule has 4 aromatic heterocycles. The summed E-state index contributed by atoms with van der Waals surface area (Å²) in [6, 6.07) is 35.6. The van der Waals surface area contributed by atoms with Gasteiger partial charge in [0.25, 0.3) is 0 Å². The number of allylic oxidation sites excluding steroid dienone is 5. The second-order valence-corrected chi connectivity index (χ2v) is 34.9. The van der Waals surface area contributed by atoms with Crippen molar-refractivity contribution in [3.8, 4) is 46.0 Å². The van der Waals surface area contributed by atoms with Crippen LogP contribution in [0.3, 0.4) is 0 Å². The Balaban J connectivity index is 0.000000199. The highest BCUT2D eigenvalue weighted by atomic mass is 35.5. The quantitative estimate of drug-likeness (QED) is 0.0207. The van der Waals surface area contributed by atoms with E-state index in [1.54, 1.807) is 43.3 Å². The van der Waals surface area contributed by atoms with Crippen LogP contribution in [0.5, 0.6) is 46.0 Å². The largest absolute Gasteiger partial charge is 0.495 e. The maximum absolute atomic E-state index is 15.5. The van der Waals surface area contributed by atoms with Gasteiger partial charge < -0.3 is 69.0 Å². The molecular formula is C109H102Cl8F5N11O12. The van der Waals surface area contributed by atoms with Crippen LogP contribution in [0.15, 0.2) is 209 Å². The molecule has 0 radical (unpaired) electrons. The highest BCUT2D eigenvalue weighted by Crippen LogP contribution is 2.50. The molecule has 145 heavy (non-hydrogen) atoms. The van der Waals surface area contributed by atoms with E-state index in [1.807, 2.05) is 63.2 Å². The fourth-order valence-corrected chi connectivity index (χ4v) is 17.5. The Morgan fingerprint density at radius 1 is 0.379 bits per heavy atom. The summed E-state index contributed by atoms with van der Waals surface area (Å²) in [5.74, 6) is 0.199. The number of anilines is 9. The summed E-state index contributed by atoms with van der Waals surface area (Å²) in [6.07, 6.45) is 16.2. The number of benzene rings is 8. The van der Waals surface area contributed by atoms with Crippen molar-refractivity contribution in [2.24, 2.45) is 0 Å². The van der Waals surface area contributed by atoms with Crippen molar-refractivity contribution in [2.45, 2.75) is 60.3 Å². The number of halogens is 13. The number of aromatic nitrogens is 5. The number of likely N-dealkylation sites (N-methyl/N-ethyl adjacent to an activating group) is 1. The van der Waals surface area contributed by atoms with Crippen molar-refractivity contribution in [2.75, 3.05) is 116 Å². The first-order valence-electron chi connectivity index (χ1n) is 44.3. The number of hydrogen-bond acceptors (Lipinski definition) is 23. The zero-order valence-corrected chi connectivity index (χ0v) is 87.2. The summed E-state index contributed by atoms with van der Waals surface area (Å²) in [5.41, 5.74) is 11.1. The molecule has 5 heterocycles. The number of ether oxygens (including phenoxy) is 8. The van der Waals surface area contributed by atoms with Gasteiger partial charge in [-0.1, -0.05) is 175 Å². The Morgan fingerprint density at radius 2 is 0.731 bits per heavy atom. The van der Waals surface area contributed by atoms with E-state index < -0.39 is 29.1 Å². The lowest BCUT2D eigenvalue weighted by atomic mass is 10.0. The van der Waals surface area contributed by atoms with Gasteiger partial charge in [-0.05, 0) is 181 Å². The second-order valence-electron chi connectivity index (χ2n) is 31.9. The van der Waals surface area contributed by atoms with E-state index in [4.69, 9.17) is 131 Å². The van der Waals surface area contributed by atoms with Crippen molar-refractivity contribution in [3.63, 3.8) is 0 Å². The van der Waals surface area contributed by atoms with E-state index in [1.165, 1.54) is 167 Å². The molecular weight excluding hydrogens is 2030 g/mol. The number of carbonyl (C=O) groups excluding carboxylic acids is 4. The fourth-order valence-electron chi connectivity index (χ4n) is 14.8. The lowest BCUT2D eigenvalue weighted by Crippen LogP contribution is -2.46. The first-order valence-corrected chi connectivity index (χ1v) is 47.3. The van der Waals surface area contributed by atoms with Gasteiger partial charge in [-0.25, -0.2) is 46.9 Å². The number of para-hydroxylation sites is 3. The first-order chi connectivity index (χ1) is 69.5. The summed E-state index contributed by atoms with van der Waals surface area (Å²) >= 11 is 50.8. The zero-order valence-electron chi connectivity index (χ0n) is 81.2. The maximum Gasteiger partial charge on any atom is 0.227 e. The molecule has 4 N–H and O–H groups in total. The summed E-state index contributed by atoms with van der Waals surface area (Å²) in [7, 11) is 11.5. The number of rotatable bonds is 38. The Morgan fingerprint density at radius 3 is 1.12 bits per heavy atom. The number of nitrogens with zero attached hydrogens (tertiary/aromatic N) is 7. The molecule has 1 aliphatic heterocycles. The summed E-state index contributed by atoms with van der Waals surface area (Å²) < 4.78 is 117. The van der Waals surface area contributed by atoms with Crippen LogP contribution >= 0.6 is 92.8 Å². The van der Waals surface area contributed by atoms with Gasteiger partial charge in [0.05, 0.1) is 108 Å². The lowest BCUT2D eigenvalue weighted by Gasteiger charge is -2.36. The molecule has 1 saturated heterocycles. The number of aryl methyl sites for hydroxylation is 3. The van der Waals surface area contributed by atoms with Crippen LogP contribution in [-0.4, -0.2) is 143 Å². The molecule has 8 aromatic carbocycles. The highest BCUT2D eigenvalue weighted by Gasteiger charge is 2.28. The highest BCUT2D eigenvalue weighted by molar-refractivity contribution is 6.42. The number of carbonyl (C=O) groups is 4. The van der Waals surface area contributed by atoms with Gasteiger partial charge in [-0.2, -0.15) is 0 Å². The van der Waals surface area contributed by atoms with Gasteiger partial charge in [0, 0.05) is 163 Å². The number of ketones is 4. The summed E-state index contributed by atoms with van der Waals surface area (Å²) in [4.78, 5) is 74.1. The van der Waals surface area contributed by atoms with Gasteiger partial charge >= 0.3 is 0 Å². The summed E-state index contributed by atoms with van der Waals surface area (Å²) in [6.45, 7) is 28.5. The Bertz CT molecular complexity index is 6840. The molecule has 0 aliphatic carbocycles. The second kappa shape index (κ2) is 53.7. The molecule has 36 heteroatoms. The molecule has 13 rings (SSSR count). The molecule has 756 valence electrons. The van der Waals surface area contributed by atoms with Gasteiger partial charge in [0.2, 0.25) is 5.95 Å². The average Bonchev–Trinajstić information content (AvgIpc) is 0.784. The van der Waals surface area contributed by atoms with Gasteiger partial charge in [-0.3, -0.25) is 19.2 Å². The topological polar surface area (TPSA) is 261 Å². The third-order valence-electron chi connectivity index (χ3n) is 22.7. The van der Waals surface area contributed by atoms with Crippen molar-refractivity contribution >= 4 is 215 Å². The first kappa shape index (κ1) is 113. The number of methoxy groups -OCH3 is 8. The van der Waals surface area contributed by atoms with E-state index in [0.29, 0.717) is 45.8 Å². The van der Waals surface area contributed by atoms with E-state index in [0.717, 1.165) is 94.9 Å². The summed E-state index contributed by atoms with van der Waals surface area (Å²) in [5, 5.41) is 13.5. The molecule has 0 amide bonds. The molecule has 0 atom stereocenters. The number of pyridine rings is 3. The minimum Gasteiger partial charge on any atom is -0.495 e. The van der Waals surface area contributed by atoms with Crippen LogP contribution in [0.25, 0.3) is 47.1 Å². The van der Waals surface area contributed by atoms with Crippen molar-refractivity contribution in [1.82, 2.24) is 29.8 Å². The Hall–Kier alpha value is -13.8. The normalized spacial score (nSPS) is 12.1.